The molecule has 2 aromatic carbocycles. The Morgan fingerprint density at radius 1 is 0.800 bits per heavy atom. The van der Waals surface area contributed by atoms with Crippen LogP contribution >= 0.6 is 0 Å². The van der Waals surface area contributed by atoms with Gasteiger partial charge in [-0.05, 0) is 56.0 Å². The fourth-order valence-corrected chi connectivity index (χ4v) is 3.13. The fourth-order valence-electron chi connectivity index (χ4n) is 3.13. The van der Waals surface area contributed by atoms with Crippen molar-refractivity contribution in [2.24, 2.45) is 17.4 Å². The molecule has 2 aliphatic heterocycles. The van der Waals surface area contributed by atoms with Crippen LogP contribution in [0.2, 0.25) is 0 Å². The predicted octanol–water partition coefficient (Wildman–Crippen LogP) is 3.02. The van der Waals surface area contributed by atoms with E-state index in [9.17, 15) is 9.59 Å². The number of benzene rings is 2. The third-order valence-electron chi connectivity index (χ3n) is 4.96. The number of primary amides is 2. The van der Waals surface area contributed by atoms with Gasteiger partial charge in [0.1, 0.15) is 11.5 Å². The first-order valence-corrected chi connectivity index (χ1v) is 10.2. The molecule has 2 unspecified atom stereocenters. The molecule has 0 bridgehead atoms. The Kier molecular flexibility index (Phi) is 7.82. The molecule has 3 aliphatic rings. The van der Waals surface area contributed by atoms with Crippen molar-refractivity contribution in [1.82, 2.24) is 0 Å². The Labute approximate surface area is 176 Å². The quantitative estimate of drug-likeness (QED) is 0.801. The molecule has 2 aromatic rings. The van der Waals surface area contributed by atoms with Crippen LogP contribution in [0, 0.1) is 5.92 Å². The van der Waals surface area contributed by atoms with Gasteiger partial charge in [-0.2, -0.15) is 0 Å². The average molecular weight is 412 g/mol. The number of hydrogen-bond acceptors (Lipinski definition) is 5. The minimum atomic E-state index is -0.460. The van der Waals surface area contributed by atoms with Crippen molar-refractivity contribution in [2.75, 3.05) is 13.2 Å². The summed E-state index contributed by atoms with van der Waals surface area (Å²) >= 11 is 0. The molecule has 7 nitrogen and oxygen atoms in total. The van der Waals surface area contributed by atoms with Crippen LogP contribution in [-0.4, -0.2) is 37.2 Å². The molecule has 0 radical (unpaired) electrons. The predicted molar refractivity (Wildman–Crippen MR) is 112 cm³/mol. The summed E-state index contributed by atoms with van der Waals surface area (Å²) < 4.78 is 16.3. The SMILES string of the molecule is C1CC2OCCC2O1.NC(=O)C1CC1.NC(=O)c1cccc(Oc2ccccc2)c1. The van der Waals surface area contributed by atoms with E-state index in [0.717, 1.165) is 44.6 Å². The van der Waals surface area contributed by atoms with E-state index in [2.05, 4.69) is 0 Å². The molecular formula is C23H28N2O5. The Hall–Kier alpha value is -2.90. The van der Waals surface area contributed by atoms with Crippen LogP contribution in [0.5, 0.6) is 11.5 Å². The number of amides is 2. The Morgan fingerprint density at radius 3 is 1.90 bits per heavy atom. The average Bonchev–Trinajstić information content (AvgIpc) is 3.35. The molecule has 2 saturated heterocycles. The van der Waals surface area contributed by atoms with Crippen molar-refractivity contribution < 1.29 is 23.8 Å². The molecule has 1 aliphatic carbocycles. The normalized spacial score (nSPS) is 21.3. The monoisotopic (exact) mass is 412 g/mol. The molecule has 2 atom stereocenters. The van der Waals surface area contributed by atoms with E-state index in [1.54, 1.807) is 24.3 Å². The molecule has 5 rings (SSSR count). The summed E-state index contributed by atoms with van der Waals surface area (Å²) in [4.78, 5) is 21.0. The lowest BCUT2D eigenvalue weighted by Gasteiger charge is -2.05. The molecular weight excluding hydrogens is 384 g/mol. The van der Waals surface area contributed by atoms with Crippen molar-refractivity contribution in [3.8, 4) is 11.5 Å². The van der Waals surface area contributed by atoms with E-state index in [-0.39, 0.29) is 11.8 Å². The Morgan fingerprint density at radius 2 is 1.40 bits per heavy atom. The van der Waals surface area contributed by atoms with Gasteiger partial charge in [-0.15, -0.1) is 0 Å². The molecule has 2 heterocycles. The van der Waals surface area contributed by atoms with Gasteiger partial charge in [0.15, 0.2) is 0 Å². The van der Waals surface area contributed by atoms with Crippen LogP contribution in [-0.2, 0) is 14.3 Å². The lowest BCUT2D eigenvalue weighted by molar-refractivity contribution is -0.119. The van der Waals surface area contributed by atoms with E-state index in [0.29, 0.717) is 23.5 Å². The Bertz CT molecular complexity index is 818. The molecule has 3 fully saturated rings. The van der Waals surface area contributed by atoms with E-state index in [1.807, 2.05) is 30.3 Å². The number of nitrogens with two attached hydrogens (primary N) is 2. The molecule has 160 valence electrons. The third-order valence-corrected chi connectivity index (χ3v) is 4.96. The lowest BCUT2D eigenvalue weighted by atomic mass is 10.2. The maximum Gasteiger partial charge on any atom is 0.248 e. The van der Waals surface area contributed by atoms with Crippen LogP contribution in [0.15, 0.2) is 54.6 Å². The van der Waals surface area contributed by atoms with Gasteiger partial charge in [-0.25, -0.2) is 0 Å². The minimum Gasteiger partial charge on any atom is -0.457 e. The number of rotatable bonds is 4. The summed E-state index contributed by atoms with van der Waals surface area (Å²) in [7, 11) is 0. The topological polar surface area (TPSA) is 114 Å². The smallest absolute Gasteiger partial charge is 0.248 e. The van der Waals surface area contributed by atoms with Crippen LogP contribution in [0.3, 0.4) is 0 Å². The van der Waals surface area contributed by atoms with Crippen molar-refractivity contribution in [3.05, 3.63) is 60.2 Å². The van der Waals surface area contributed by atoms with E-state index < -0.39 is 5.91 Å². The van der Waals surface area contributed by atoms with Crippen molar-refractivity contribution in [3.63, 3.8) is 0 Å². The van der Waals surface area contributed by atoms with Crippen LogP contribution in [0.25, 0.3) is 0 Å². The maximum absolute atomic E-state index is 11.0. The summed E-state index contributed by atoms with van der Waals surface area (Å²) in [6.07, 6.45) is 5.19. The second-order valence-electron chi connectivity index (χ2n) is 7.38. The molecule has 1 saturated carbocycles. The molecule has 0 spiro atoms. The van der Waals surface area contributed by atoms with Gasteiger partial charge in [0.05, 0.1) is 12.2 Å². The zero-order valence-electron chi connectivity index (χ0n) is 16.9. The zero-order valence-corrected chi connectivity index (χ0v) is 16.9. The molecule has 0 aromatic heterocycles. The number of ether oxygens (including phenoxy) is 3. The van der Waals surface area contributed by atoms with Crippen molar-refractivity contribution >= 4 is 11.8 Å². The van der Waals surface area contributed by atoms with Gasteiger partial charge < -0.3 is 25.7 Å². The third kappa shape index (κ3) is 6.86. The first-order chi connectivity index (χ1) is 14.5. The lowest BCUT2D eigenvalue weighted by Crippen LogP contribution is -2.13. The first-order valence-electron chi connectivity index (χ1n) is 10.2. The highest BCUT2D eigenvalue weighted by Crippen LogP contribution is 2.27. The van der Waals surface area contributed by atoms with Gasteiger partial charge in [0.25, 0.3) is 0 Å². The summed E-state index contributed by atoms with van der Waals surface area (Å²) in [6, 6.07) is 16.1. The highest BCUT2D eigenvalue weighted by molar-refractivity contribution is 5.93. The second-order valence-corrected chi connectivity index (χ2v) is 7.38. The second kappa shape index (κ2) is 10.8. The standard InChI is InChI=1S/C13H11NO2.C6H10O2.C4H7NO/c14-13(15)10-5-4-8-12(9-10)16-11-6-2-1-3-7-11;1-3-7-6-2-4-8-5(1)6;5-4(6)3-1-2-3/h1-9H,(H2,14,15);5-6H,1-4H2;3H,1-2H2,(H2,5,6). The van der Waals surface area contributed by atoms with Crippen molar-refractivity contribution in [1.29, 1.82) is 0 Å². The molecule has 30 heavy (non-hydrogen) atoms. The summed E-state index contributed by atoms with van der Waals surface area (Å²) in [5.74, 6) is 0.977. The highest BCUT2D eigenvalue weighted by atomic mass is 16.6. The number of carbonyl (C=O) groups excluding carboxylic acids is 2. The number of para-hydroxylation sites is 1. The maximum atomic E-state index is 11.0. The van der Waals surface area contributed by atoms with E-state index >= 15 is 0 Å². The van der Waals surface area contributed by atoms with Gasteiger partial charge in [0.2, 0.25) is 11.8 Å². The van der Waals surface area contributed by atoms with Crippen LogP contribution < -0.4 is 16.2 Å². The number of hydrogen-bond donors (Lipinski definition) is 2. The highest BCUT2D eigenvalue weighted by Gasteiger charge is 2.33. The van der Waals surface area contributed by atoms with Crippen molar-refractivity contribution in [2.45, 2.75) is 37.9 Å². The summed E-state index contributed by atoms with van der Waals surface area (Å²) in [5, 5.41) is 0. The summed E-state index contributed by atoms with van der Waals surface area (Å²) in [5.41, 5.74) is 10.5. The van der Waals surface area contributed by atoms with Gasteiger partial charge in [0, 0.05) is 24.7 Å². The fraction of sp³-hybridized carbons (Fsp3) is 0.391. The molecule has 2 amide bonds. The summed E-state index contributed by atoms with van der Waals surface area (Å²) in [6.45, 7) is 1.82. The first kappa shape index (κ1) is 21.8. The van der Waals surface area contributed by atoms with Gasteiger partial charge >= 0.3 is 0 Å². The largest absolute Gasteiger partial charge is 0.457 e. The number of fused-ring (bicyclic) bond motifs is 1. The van der Waals surface area contributed by atoms with E-state index in [1.165, 1.54) is 0 Å². The molecule has 4 N–H and O–H groups in total. The van der Waals surface area contributed by atoms with E-state index in [4.69, 9.17) is 25.7 Å². The number of carbonyl (C=O) groups is 2. The molecule has 7 heteroatoms. The van der Waals surface area contributed by atoms with Crippen LogP contribution in [0.1, 0.15) is 36.0 Å². The van der Waals surface area contributed by atoms with Gasteiger partial charge in [-0.3, -0.25) is 9.59 Å². The Balaban J connectivity index is 0.000000150. The van der Waals surface area contributed by atoms with Gasteiger partial charge in [-0.1, -0.05) is 24.3 Å². The minimum absolute atomic E-state index is 0.130. The van der Waals surface area contributed by atoms with Crippen LogP contribution in [0.4, 0.5) is 0 Å². The zero-order chi connectivity index (χ0) is 21.3.